The van der Waals surface area contributed by atoms with Crippen molar-refractivity contribution in [2.75, 3.05) is 0 Å². The number of ether oxygens (including phenoxy) is 1. The second kappa shape index (κ2) is 7.29. The van der Waals surface area contributed by atoms with Gasteiger partial charge in [-0.25, -0.2) is 17.4 Å². The molecule has 1 aromatic carbocycles. The van der Waals surface area contributed by atoms with Gasteiger partial charge in [0.2, 0.25) is 5.88 Å². The summed E-state index contributed by atoms with van der Waals surface area (Å²) in [6.45, 7) is 0. The fourth-order valence-corrected chi connectivity index (χ4v) is 4.25. The Morgan fingerprint density at radius 2 is 1.87 bits per heavy atom. The van der Waals surface area contributed by atoms with E-state index in [-0.39, 0.29) is 21.5 Å². The predicted molar refractivity (Wildman–Crippen MR) is 103 cm³/mol. The Morgan fingerprint density at radius 1 is 1.07 bits per heavy atom. The highest BCUT2D eigenvalue weighted by Crippen LogP contribution is 2.35. The third kappa shape index (κ3) is 3.71. The summed E-state index contributed by atoms with van der Waals surface area (Å²) in [5.74, 6) is -0.0877. The van der Waals surface area contributed by atoms with Crippen molar-refractivity contribution in [3.05, 3.63) is 77.8 Å². The molecule has 0 radical (unpaired) electrons. The Morgan fingerprint density at radius 3 is 2.53 bits per heavy atom. The van der Waals surface area contributed by atoms with E-state index in [2.05, 4.69) is 9.97 Å². The molecule has 0 amide bonds. The van der Waals surface area contributed by atoms with Crippen LogP contribution in [0.3, 0.4) is 0 Å². The maximum atomic E-state index is 12.9. The van der Waals surface area contributed by atoms with Gasteiger partial charge in [0.05, 0.1) is 11.1 Å². The minimum atomic E-state index is -4.59. The van der Waals surface area contributed by atoms with Gasteiger partial charge in [-0.3, -0.25) is 4.98 Å². The minimum absolute atomic E-state index is 0.00118. The zero-order valence-electron chi connectivity index (χ0n) is 14.8. The first-order valence-electron chi connectivity index (χ1n) is 8.33. The third-order valence-corrected chi connectivity index (χ3v) is 6.11. The highest BCUT2D eigenvalue weighted by molar-refractivity contribution is 7.90. The van der Waals surface area contributed by atoms with Gasteiger partial charge in [-0.15, -0.1) is 0 Å². The van der Waals surface area contributed by atoms with Crippen LogP contribution in [0.25, 0.3) is 10.9 Å². The lowest BCUT2D eigenvalue weighted by atomic mass is 10.2. The van der Waals surface area contributed by atoms with E-state index in [1.165, 1.54) is 42.9 Å². The Labute approximate surface area is 173 Å². The predicted octanol–water partition coefficient (Wildman–Crippen LogP) is 5.13. The standard InChI is InChI=1S/C19H11ClF3N3O3S/c20-16-8-13(19(21,22)23)10-25-18(16)29-14-4-3-12-5-7-26(17(12)9-14)30(27,28)15-2-1-6-24-11-15/h1-11H. The molecule has 0 unspecified atom stereocenters. The Hall–Kier alpha value is -3.11. The second-order valence-electron chi connectivity index (χ2n) is 6.14. The molecule has 0 bridgehead atoms. The summed E-state index contributed by atoms with van der Waals surface area (Å²) in [6, 6.07) is 9.80. The molecule has 3 aromatic heterocycles. The molecular formula is C19H11ClF3N3O3S. The number of fused-ring (bicyclic) bond motifs is 1. The SMILES string of the molecule is O=S(=O)(c1cccnc1)n1ccc2ccc(Oc3ncc(C(F)(F)F)cc3Cl)cc21. The lowest BCUT2D eigenvalue weighted by Gasteiger charge is -2.11. The quantitative estimate of drug-likeness (QED) is 0.428. The van der Waals surface area contributed by atoms with Crippen molar-refractivity contribution in [3.8, 4) is 11.6 Å². The maximum Gasteiger partial charge on any atom is 0.417 e. The molecule has 0 saturated heterocycles. The lowest BCUT2D eigenvalue weighted by Crippen LogP contribution is -2.11. The average Bonchev–Trinajstić information content (AvgIpc) is 3.13. The number of pyridine rings is 2. The fourth-order valence-electron chi connectivity index (χ4n) is 2.74. The molecule has 0 aliphatic carbocycles. The van der Waals surface area contributed by atoms with Crippen molar-refractivity contribution in [2.45, 2.75) is 11.1 Å². The molecule has 0 spiro atoms. The van der Waals surface area contributed by atoms with Gasteiger partial charge in [0.15, 0.2) is 0 Å². The molecule has 4 rings (SSSR count). The van der Waals surface area contributed by atoms with E-state index in [4.69, 9.17) is 16.3 Å². The molecule has 0 fully saturated rings. The van der Waals surface area contributed by atoms with Crippen molar-refractivity contribution in [1.82, 2.24) is 13.9 Å². The fraction of sp³-hybridized carbons (Fsp3) is 0.0526. The molecule has 0 aliphatic rings. The first-order chi connectivity index (χ1) is 14.2. The Bertz CT molecular complexity index is 1340. The smallest absolute Gasteiger partial charge is 0.417 e. The largest absolute Gasteiger partial charge is 0.437 e. The van der Waals surface area contributed by atoms with Crippen molar-refractivity contribution >= 4 is 32.5 Å². The topological polar surface area (TPSA) is 74.1 Å². The number of hydrogen-bond donors (Lipinski definition) is 0. The van der Waals surface area contributed by atoms with E-state index in [9.17, 15) is 21.6 Å². The summed E-state index contributed by atoms with van der Waals surface area (Å²) >= 11 is 5.87. The monoisotopic (exact) mass is 453 g/mol. The molecule has 0 N–H and O–H groups in total. The van der Waals surface area contributed by atoms with Gasteiger partial charge < -0.3 is 4.74 Å². The van der Waals surface area contributed by atoms with Gasteiger partial charge in [-0.1, -0.05) is 11.6 Å². The number of alkyl halides is 3. The number of rotatable bonds is 4. The molecule has 11 heteroatoms. The summed E-state index contributed by atoms with van der Waals surface area (Å²) in [4.78, 5) is 7.45. The van der Waals surface area contributed by atoms with E-state index in [0.717, 1.165) is 3.97 Å². The van der Waals surface area contributed by atoms with E-state index in [0.29, 0.717) is 23.2 Å². The van der Waals surface area contributed by atoms with Gasteiger partial charge in [0, 0.05) is 36.2 Å². The van der Waals surface area contributed by atoms with E-state index in [1.807, 2.05) is 0 Å². The first-order valence-corrected chi connectivity index (χ1v) is 10.2. The summed E-state index contributed by atoms with van der Waals surface area (Å²) < 4.78 is 70.6. The zero-order valence-corrected chi connectivity index (χ0v) is 16.4. The molecule has 154 valence electrons. The van der Waals surface area contributed by atoms with Crippen LogP contribution in [-0.4, -0.2) is 22.4 Å². The highest BCUT2D eigenvalue weighted by Gasteiger charge is 2.32. The summed E-state index contributed by atoms with van der Waals surface area (Å²) in [5, 5.41) is 0.282. The lowest BCUT2D eigenvalue weighted by molar-refractivity contribution is -0.137. The molecule has 0 aliphatic heterocycles. The highest BCUT2D eigenvalue weighted by atomic mass is 35.5. The van der Waals surface area contributed by atoms with Crippen LogP contribution in [0.5, 0.6) is 11.6 Å². The third-order valence-electron chi connectivity index (χ3n) is 4.17. The van der Waals surface area contributed by atoms with E-state index >= 15 is 0 Å². The van der Waals surface area contributed by atoms with E-state index in [1.54, 1.807) is 12.1 Å². The number of aromatic nitrogens is 3. The van der Waals surface area contributed by atoms with Crippen molar-refractivity contribution in [3.63, 3.8) is 0 Å². The average molecular weight is 454 g/mol. The van der Waals surface area contributed by atoms with E-state index < -0.39 is 21.8 Å². The molecule has 3 heterocycles. The van der Waals surface area contributed by atoms with Crippen LogP contribution in [0.2, 0.25) is 5.02 Å². The van der Waals surface area contributed by atoms with Gasteiger partial charge in [0.1, 0.15) is 15.7 Å². The number of halogens is 4. The molecule has 4 aromatic rings. The summed E-state index contributed by atoms with van der Waals surface area (Å²) in [6.07, 6.45) is 0.0952. The second-order valence-corrected chi connectivity index (χ2v) is 8.36. The summed E-state index contributed by atoms with van der Waals surface area (Å²) in [5.41, 5.74) is -0.703. The van der Waals surface area contributed by atoms with Crippen LogP contribution >= 0.6 is 11.6 Å². The van der Waals surface area contributed by atoms with Gasteiger partial charge in [-0.2, -0.15) is 13.2 Å². The Kier molecular flexibility index (Phi) is 4.91. The number of hydrogen-bond acceptors (Lipinski definition) is 5. The number of nitrogens with zero attached hydrogens (tertiary/aromatic N) is 3. The molecule has 0 saturated carbocycles. The molecule has 6 nitrogen and oxygen atoms in total. The first kappa shape index (κ1) is 20.2. The van der Waals surface area contributed by atoms with Crippen molar-refractivity contribution in [2.24, 2.45) is 0 Å². The van der Waals surface area contributed by atoms with Gasteiger partial charge in [-0.05, 0) is 36.4 Å². The molecule has 0 atom stereocenters. The number of benzene rings is 1. The van der Waals surface area contributed by atoms with Crippen LogP contribution in [0.15, 0.2) is 72.1 Å². The molecule has 30 heavy (non-hydrogen) atoms. The van der Waals surface area contributed by atoms with Crippen LogP contribution in [-0.2, 0) is 16.2 Å². The van der Waals surface area contributed by atoms with Crippen LogP contribution < -0.4 is 4.74 Å². The van der Waals surface area contributed by atoms with Crippen LogP contribution in [0.1, 0.15) is 5.56 Å². The van der Waals surface area contributed by atoms with Crippen molar-refractivity contribution < 1.29 is 26.3 Å². The Balaban J connectivity index is 1.72. The molecular weight excluding hydrogens is 443 g/mol. The van der Waals surface area contributed by atoms with Crippen LogP contribution in [0, 0.1) is 0 Å². The maximum absolute atomic E-state index is 12.9. The van der Waals surface area contributed by atoms with Crippen LogP contribution in [0.4, 0.5) is 13.2 Å². The minimum Gasteiger partial charge on any atom is -0.437 e. The van der Waals surface area contributed by atoms with Crippen molar-refractivity contribution in [1.29, 1.82) is 0 Å². The zero-order chi connectivity index (χ0) is 21.5. The normalized spacial score (nSPS) is 12.3. The van der Waals surface area contributed by atoms with Gasteiger partial charge in [0.25, 0.3) is 10.0 Å². The summed E-state index contributed by atoms with van der Waals surface area (Å²) in [7, 11) is -3.91. The van der Waals surface area contributed by atoms with Gasteiger partial charge >= 0.3 is 6.18 Å².